The second kappa shape index (κ2) is 4.63. The minimum Gasteiger partial charge on any atom is -0.450 e. The van der Waals surface area contributed by atoms with Crippen LogP contribution >= 0.6 is 0 Å². The highest BCUT2D eigenvalue weighted by molar-refractivity contribution is 6.87. The van der Waals surface area contributed by atoms with Crippen molar-refractivity contribution in [2.45, 2.75) is 65.3 Å². The van der Waals surface area contributed by atoms with E-state index in [0.717, 1.165) is 0 Å². The Morgan fingerprint density at radius 2 is 1.50 bits per heavy atom. The zero-order chi connectivity index (χ0) is 13.2. The van der Waals surface area contributed by atoms with Crippen molar-refractivity contribution in [2.24, 2.45) is 0 Å². The van der Waals surface area contributed by atoms with Gasteiger partial charge in [0.25, 0.3) is 0 Å². The van der Waals surface area contributed by atoms with Gasteiger partial charge in [-0.3, -0.25) is 0 Å². The second-order valence-corrected chi connectivity index (χ2v) is 11.6. The fourth-order valence-corrected chi connectivity index (χ4v) is 1.49. The Labute approximate surface area is 101 Å². The highest BCUT2D eigenvalue weighted by Crippen LogP contribution is 2.35. The summed E-state index contributed by atoms with van der Waals surface area (Å²) in [5.41, 5.74) is 2.68. The molecule has 0 saturated heterocycles. The van der Waals surface area contributed by atoms with Crippen LogP contribution in [0.5, 0.6) is 0 Å². The first-order chi connectivity index (χ1) is 6.85. The quantitative estimate of drug-likeness (QED) is 0.368. The molecule has 0 bridgehead atoms. The van der Waals surface area contributed by atoms with E-state index in [2.05, 4.69) is 45.3 Å². The predicted molar refractivity (Wildman–Crippen MR) is 70.8 cm³/mol. The van der Waals surface area contributed by atoms with Gasteiger partial charge >= 0.3 is 5.97 Å². The molecule has 0 saturated carbocycles. The maximum atomic E-state index is 11.5. The van der Waals surface area contributed by atoms with Crippen LogP contribution in [0.2, 0.25) is 18.1 Å². The first-order valence-electron chi connectivity index (χ1n) is 5.61. The van der Waals surface area contributed by atoms with Crippen LogP contribution in [0.25, 0.3) is 0 Å². The first kappa shape index (κ1) is 15.2. The van der Waals surface area contributed by atoms with Gasteiger partial charge in [-0.1, -0.05) is 33.9 Å². The van der Waals surface area contributed by atoms with Crippen LogP contribution in [0, 0.1) is 11.5 Å². The molecule has 0 fully saturated rings. The maximum Gasteiger partial charge on any atom is 0.384 e. The number of esters is 1. The van der Waals surface area contributed by atoms with Gasteiger partial charge in [0.15, 0.2) is 0 Å². The minimum absolute atomic E-state index is 0.169. The molecule has 3 heteroatoms. The fourth-order valence-electron chi connectivity index (χ4n) is 0.698. The van der Waals surface area contributed by atoms with E-state index in [1.54, 1.807) is 0 Å². The molecule has 0 aliphatic rings. The number of hydrogen-bond donors (Lipinski definition) is 0. The Balaban J connectivity index is 4.70. The average molecular weight is 240 g/mol. The number of carbonyl (C=O) groups is 1. The van der Waals surface area contributed by atoms with E-state index in [9.17, 15) is 4.79 Å². The Morgan fingerprint density at radius 3 is 1.81 bits per heavy atom. The lowest BCUT2D eigenvalue weighted by Gasteiger charge is -2.31. The molecular formula is C13H24O2Si. The molecule has 0 atom stereocenters. The van der Waals surface area contributed by atoms with Crippen LogP contribution in [0.3, 0.4) is 0 Å². The molecule has 16 heavy (non-hydrogen) atoms. The number of rotatable bonds is 0. The van der Waals surface area contributed by atoms with E-state index >= 15 is 0 Å². The maximum absolute atomic E-state index is 11.5. The summed E-state index contributed by atoms with van der Waals surface area (Å²) in [5, 5.41) is 0.169. The molecular weight excluding hydrogens is 216 g/mol. The molecule has 0 aliphatic carbocycles. The molecule has 0 amide bonds. The van der Waals surface area contributed by atoms with Crippen molar-refractivity contribution >= 4 is 14.0 Å². The van der Waals surface area contributed by atoms with Crippen molar-refractivity contribution in [3.63, 3.8) is 0 Å². The third kappa shape index (κ3) is 5.36. The molecule has 0 heterocycles. The standard InChI is InChI=1S/C13H24O2Si/c1-12(2,3)15-11(14)9-10-16(7,8)13(4,5)6/h1-8H3. The molecule has 0 unspecified atom stereocenters. The summed E-state index contributed by atoms with van der Waals surface area (Å²) in [7, 11) is -1.70. The molecule has 0 rings (SSSR count). The van der Waals surface area contributed by atoms with Gasteiger partial charge in [0, 0.05) is 5.92 Å². The number of carbonyl (C=O) groups excluding carboxylic acids is 1. The molecule has 92 valence electrons. The van der Waals surface area contributed by atoms with Gasteiger partial charge in [-0.2, -0.15) is 0 Å². The van der Waals surface area contributed by atoms with Gasteiger partial charge in [-0.05, 0) is 25.8 Å². The molecule has 2 nitrogen and oxygen atoms in total. The van der Waals surface area contributed by atoms with E-state index in [0.29, 0.717) is 0 Å². The third-order valence-corrected chi connectivity index (χ3v) is 7.25. The molecule has 0 N–H and O–H groups in total. The topological polar surface area (TPSA) is 26.3 Å². The highest BCUT2D eigenvalue weighted by Gasteiger charge is 2.34. The number of ether oxygens (including phenoxy) is 1. The summed E-state index contributed by atoms with van der Waals surface area (Å²) < 4.78 is 5.16. The normalized spacial score (nSPS) is 12.8. The lowest BCUT2D eigenvalue weighted by atomic mass is 10.2. The van der Waals surface area contributed by atoms with E-state index in [-0.39, 0.29) is 5.04 Å². The predicted octanol–water partition coefficient (Wildman–Crippen LogP) is 3.38. The van der Waals surface area contributed by atoms with Crippen molar-refractivity contribution in [3.8, 4) is 11.5 Å². The van der Waals surface area contributed by atoms with Gasteiger partial charge in [-0.25, -0.2) is 4.79 Å². The van der Waals surface area contributed by atoms with Crippen molar-refractivity contribution < 1.29 is 9.53 Å². The molecule has 0 radical (unpaired) electrons. The fraction of sp³-hybridized carbons (Fsp3) is 0.769. The Hall–Kier alpha value is -0.753. The van der Waals surface area contributed by atoms with Crippen molar-refractivity contribution in [2.75, 3.05) is 0 Å². The zero-order valence-electron chi connectivity index (χ0n) is 11.8. The van der Waals surface area contributed by atoms with Crippen LogP contribution in [-0.2, 0) is 9.53 Å². The Bertz CT molecular complexity index is 319. The summed E-state index contributed by atoms with van der Waals surface area (Å²) in [6, 6.07) is 0. The third-order valence-electron chi connectivity index (χ3n) is 2.75. The van der Waals surface area contributed by atoms with Crippen LogP contribution < -0.4 is 0 Å². The monoisotopic (exact) mass is 240 g/mol. The lowest BCUT2D eigenvalue weighted by molar-refractivity contribution is -0.147. The molecule has 0 aromatic heterocycles. The van der Waals surface area contributed by atoms with Crippen molar-refractivity contribution in [3.05, 3.63) is 0 Å². The SMILES string of the molecule is CC(C)(C)OC(=O)C#C[Si](C)(C)C(C)(C)C. The summed E-state index contributed by atoms with van der Waals surface area (Å²) in [6.45, 7) is 16.4. The van der Waals surface area contributed by atoms with Crippen molar-refractivity contribution in [1.29, 1.82) is 0 Å². The lowest BCUT2D eigenvalue weighted by Crippen LogP contribution is -2.36. The smallest absolute Gasteiger partial charge is 0.384 e. The molecule has 0 spiro atoms. The van der Waals surface area contributed by atoms with Crippen LogP contribution in [0.15, 0.2) is 0 Å². The average Bonchev–Trinajstić information content (AvgIpc) is 1.95. The van der Waals surface area contributed by atoms with Gasteiger partial charge < -0.3 is 4.74 Å². The second-order valence-electron chi connectivity index (χ2n) is 6.63. The Morgan fingerprint density at radius 1 is 1.06 bits per heavy atom. The van der Waals surface area contributed by atoms with Crippen LogP contribution in [0.4, 0.5) is 0 Å². The van der Waals surface area contributed by atoms with E-state index in [1.165, 1.54) is 0 Å². The number of hydrogen-bond acceptors (Lipinski definition) is 2. The zero-order valence-corrected chi connectivity index (χ0v) is 12.8. The molecule has 0 aromatic carbocycles. The summed E-state index contributed by atoms with van der Waals surface area (Å²) >= 11 is 0. The van der Waals surface area contributed by atoms with Gasteiger partial charge in [0.2, 0.25) is 0 Å². The van der Waals surface area contributed by atoms with Crippen molar-refractivity contribution in [1.82, 2.24) is 0 Å². The first-order valence-corrected chi connectivity index (χ1v) is 8.61. The van der Waals surface area contributed by atoms with E-state index in [1.807, 2.05) is 20.8 Å². The van der Waals surface area contributed by atoms with Gasteiger partial charge in [0.1, 0.15) is 13.7 Å². The largest absolute Gasteiger partial charge is 0.450 e. The van der Waals surface area contributed by atoms with Gasteiger partial charge in [0.05, 0.1) is 0 Å². The molecule has 0 aliphatic heterocycles. The Kier molecular flexibility index (Phi) is 4.41. The summed E-state index contributed by atoms with van der Waals surface area (Å²) in [5.74, 6) is 2.22. The van der Waals surface area contributed by atoms with E-state index < -0.39 is 19.6 Å². The summed E-state index contributed by atoms with van der Waals surface area (Å²) in [6.07, 6.45) is 0. The highest BCUT2D eigenvalue weighted by atomic mass is 28.3. The molecule has 0 aromatic rings. The minimum atomic E-state index is -1.70. The summed E-state index contributed by atoms with van der Waals surface area (Å²) in [4.78, 5) is 11.5. The van der Waals surface area contributed by atoms with Gasteiger partial charge in [-0.15, -0.1) is 5.54 Å². The van der Waals surface area contributed by atoms with Crippen LogP contribution in [0.1, 0.15) is 41.5 Å². The van der Waals surface area contributed by atoms with Crippen LogP contribution in [-0.4, -0.2) is 19.6 Å². The van der Waals surface area contributed by atoms with E-state index in [4.69, 9.17) is 4.74 Å².